The summed E-state index contributed by atoms with van der Waals surface area (Å²) in [6.07, 6.45) is 3.14. The Morgan fingerprint density at radius 3 is 2.75 bits per heavy atom. The standard InChI is InChI=1S/C18H20BrN3O2/c1-18(2,3)13-7-8-16(15(19)10-13)24-12-17(23)22-21-11-14-6-4-5-9-20-14/h4-11H,12H2,1-3H3,(H,22,23). The van der Waals surface area contributed by atoms with E-state index in [9.17, 15) is 4.79 Å². The first-order valence-corrected chi connectivity index (χ1v) is 8.31. The van der Waals surface area contributed by atoms with Crippen LogP contribution in [0.15, 0.2) is 52.2 Å². The Morgan fingerprint density at radius 1 is 1.33 bits per heavy atom. The van der Waals surface area contributed by atoms with Crippen molar-refractivity contribution >= 4 is 28.1 Å². The third-order valence-electron chi connectivity index (χ3n) is 3.23. The maximum Gasteiger partial charge on any atom is 0.277 e. The van der Waals surface area contributed by atoms with E-state index >= 15 is 0 Å². The number of halogens is 1. The van der Waals surface area contributed by atoms with E-state index < -0.39 is 0 Å². The monoisotopic (exact) mass is 389 g/mol. The lowest BCUT2D eigenvalue weighted by Gasteiger charge is -2.20. The van der Waals surface area contributed by atoms with Gasteiger partial charge in [-0.3, -0.25) is 9.78 Å². The maximum absolute atomic E-state index is 11.8. The van der Waals surface area contributed by atoms with Crippen molar-refractivity contribution < 1.29 is 9.53 Å². The van der Waals surface area contributed by atoms with Crippen molar-refractivity contribution in [1.29, 1.82) is 0 Å². The molecule has 0 unspecified atom stereocenters. The Hall–Kier alpha value is -2.21. The first kappa shape index (κ1) is 18.1. The topological polar surface area (TPSA) is 63.6 Å². The summed E-state index contributed by atoms with van der Waals surface area (Å²) in [7, 11) is 0. The van der Waals surface area contributed by atoms with Gasteiger partial charge in [0.05, 0.1) is 16.4 Å². The molecule has 1 aromatic carbocycles. The second-order valence-electron chi connectivity index (χ2n) is 6.23. The largest absolute Gasteiger partial charge is 0.483 e. The molecule has 2 aromatic rings. The van der Waals surface area contributed by atoms with Gasteiger partial charge in [-0.25, -0.2) is 5.43 Å². The Morgan fingerprint density at radius 2 is 2.12 bits per heavy atom. The Kier molecular flexibility index (Phi) is 6.09. The molecule has 0 radical (unpaired) electrons. The number of amides is 1. The van der Waals surface area contributed by atoms with Crippen molar-refractivity contribution in [3.05, 3.63) is 58.3 Å². The molecule has 5 nitrogen and oxygen atoms in total. The lowest BCUT2D eigenvalue weighted by atomic mass is 9.87. The number of carbonyl (C=O) groups is 1. The van der Waals surface area contributed by atoms with Crippen LogP contribution in [0.5, 0.6) is 5.75 Å². The summed E-state index contributed by atoms with van der Waals surface area (Å²) in [4.78, 5) is 15.8. The smallest absolute Gasteiger partial charge is 0.277 e. The van der Waals surface area contributed by atoms with Crippen molar-refractivity contribution in [2.45, 2.75) is 26.2 Å². The third kappa shape index (κ3) is 5.45. The molecule has 6 heteroatoms. The summed E-state index contributed by atoms with van der Waals surface area (Å²) in [5, 5.41) is 3.84. The number of hydrogen-bond acceptors (Lipinski definition) is 4. The van der Waals surface area contributed by atoms with Crippen LogP contribution in [-0.4, -0.2) is 23.7 Å². The molecule has 1 aromatic heterocycles. The number of nitrogens with zero attached hydrogens (tertiary/aromatic N) is 2. The first-order valence-electron chi connectivity index (χ1n) is 7.52. The van der Waals surface area contributed by atoms with E-state index in [0.29, 0.717) is 11.4 Å². The normalized spacial score (nSPS) is 11.5. The van der Waals surface area contributed by atoms with Gasteiger partial charge in [0.2, 0.25) is 0 Å². The summed E-state index contributed by atoms with van der Waals surface area (Å²) >= 11 is 3.48. The van der Waals surface area contributed by atoms with Gasteiger partial charge in [-0.05, 0) is 51.2 Å². The lowest BCUT2D eigenvalue weighted by molar-refractivity contribution is -0.123. The molecule has 1 N–H and O–H groups in total. The fraction of sp³-hybridized carbons (Fsp3) is 0.278. The van der Waals surface area contributed by atoms with Crippen molar-refractivity contribution in [2.24, 2.45) is 5.10 Å². The Labute approximate surface area is 150 Å². The van der Waals surface area contributed by atoms with Gasteiger partial charge >= 0.3 is 0 Å². The number of pyridine rings is 1. The van der Waals surface area contributed by atoms with E-state index in [2.05, 4.69) is 52.2 Å². The van der Waals surface area contributed by atoms with Crippen LogP contribution in [0.2, 0.25) is 0 Å². The van der Waals surface area contributed by atoms with Crippen molar-refractivity contribution in [3.63, 3.8) is 0 Å². The van der Waals surface area contributed by atoms with Crippen LogP contribution in [0.25, 0.3) is 0 Å². The highest BCUT2D eigenvalue weighted by atomic mass is 79.9. The number of hydrazone groups is 1. The van der Waals surface area contributed by atoms with Crippen LogP contribution < -0.4 is 10.2 Å². The van der Waals surface area contributed by atoms with Gasteiger partial charge < -0.3 is 4.74 Å². The highest BCUT2D eigenvalue weighted by molar-refractivity contribution is 9.10. The number of aromatic nitrogens is 1. The van der Waals surface area contributed by atoms with E-state index in [4.69, 9.17) is 4.74 Å². The van der Waals surface area contributed by atoms with Crippen molar-refractivity contribution in [2.75, 3.05) is 6.61 Å². The lowest BCUT2D eigenvalue weighted by Crippen LogP contribution is -2.24. The van der Waals surface area contributed by atoms with Crippen LogP contribution in [0.3, 0.4) is 0 Å². The van der Waals surface area contributed by atoms with Gasteiger partial charge in [-0.2, -0.15) is 5.10 Å². The average Bonchev–Trinajstić information content (AvgIpc) is 2.54. The van der Waals surface area contributed by atoms with Crippen LogP contribution >= 0.6 is 15.9 Å². The van der Waals surface area contributed by atoms with E-state index in [-0.39, 0.29) is 17.9 Å². The van der Waals surface area contributed by atoms with Crippen LogP contribution in [0.4, 0.5) is 0 Å². The van der Waals surface area contributed by atoms with Crippen LogP contribution in [0.1, 0.15) is 32.0 Å². The Bertz CT molecular complexity index is 725. The SMILES string of the molecule is CC(C)(C)c1ccc(OCC(=O)NN=Cc2ccccn2)c(Br)c1. The molecular weight excluding hydrogens is 370 g/mol. The zero-order valence-corrected chi connectivity index (χ0v) is 15.5. The molecular formula is C18H20BrN3O2. The van der Waals surface area contributed by atoms with Crippen molar-refractivity contribution in [3.8, 4) is 5.75 Å². The van der Waals surface area contributed by atoms with Crippen LogP contribution in [-0.2, 0) is 10.2 Å². The molecule has 1 heterocycles. The highest BCUT2D eigenvalue weighted by Crippen LogP contribution is 2.31. The highest BCUT2D eigenvalue weighted by Gasteiger charge is 2.15. The molecule has 0 bridgehead atoms. The zero-order valence-electron chi connectivity index (χ0n) is 13.9. The molecule has 0 aliphatic rings. The van der Waals surface area contributed by atoms with Crippen LogP contribution in [0, 0.1) is 0 Å². The van der Waals surface area contributed by atoms with E-state index in [1.807, 2.05) is 30.3 Å². The van der Waals surface area contributed by atoms with Gasteiger partial charge in [-0.1, -0.05) is 32.9 Å². The summed E-state index contributed by atoms with van der Waals surface area (Å²) in [5.74, 6) is 0.279. The molecule has 0 fully saturated rings. The number of rotatable bonds is 5. The second-order valence-corrected chi connectivity index (χ2v) is 7.09. The van der Waals surface area contributed by atoms with E-state index in [1.54, 1.807) is 12.3 Å². The van der Waals surface area contributed by atoms with E-state index in [0.717, 1.165) is 4.47 Å². The van der Waals surface area contributed by atoms with E-state index in [1.165, 1.54) is 11.8 Å². The molecule has 0 atom stereocenters. The number of ether oxygens (including phenoxy) is 1. The number of benzene rings is 1. The van der Waals surface area contributed by atoms with Crippen molar-refractivity contribution in [1.82, 2.24) is 10.4 Å². The summed E-state index contributed by atoms with van der Waals surface area (Å²) in [6, 6.07) is 11.3. The second kappa shape index (κ2) is 8.06. The third-order valence-corrected chi connectivity index (χ3v) is 3.85. The molecule has 2 rings (SSSR count). The number of hydrogen-bond donors (Lipinski definition) is 1. The summed E-state index contributed by atoms with van der Waals surface area (Å²) < 4.78 is 6.34. The molecule has 24 heavy (non-hydrogen) atoms. The quantitative estimate of drug-likeness (QED) is 0.626. The predicted octanol–water partition coefficient (Wildman–Crippen LogP) is 3.67. The van der Waals surface area contributed by atoms with Gasteiger partial charge in [0, 0.05) is 6.20 Å². The minimum absolute atomic E-state index is 0.0542. The summed E-state index contributed by atoms with van der Waals surface area (Å²) in [6.45, 7) is 6.31. The Balaban J connectivity index is 1.87. The number of nitrogens with one attached hydrogen (secondary N) is 1. The average molecular weight is 390 g/mol. The molecule has 1 amide bonds. The fourth-order valence-corrected chi connectivity index (χ4v) is 2.38. The molecule has 0 saturated heterocycles. The minimum atomic E-state index is -0.339. The summed E-state index contributed by atoms with van der Waals surface area (Å²) in [5.41, 5.74) is 4.31. The molecule has 0 aliphatic carbocycles. The molecule has 126 valence electrons. The number of carbonyl (C=O) groups excluding carboxylic acids is 1. The first-order chi connectivity index (χ1) is 11.4. The van der Waals surface area contributed by atoms with Gasteiger partial charge in [0.25, 0.3) is 5.91 Å². The maximum atomic E-state index is 11.8. The van der Waals surface area contributed by atoms with Gasteiger partial charge in [0.1, 0.15) is 5.75 Å². The molecule has 0 spiro atoms. The fourth-order valence-electron chi connectivity index (χ4n) is 1.88. The minimum Gasteiger partial charge on any atom is -0.483 e. The molecule has 0 saturated carbocycles. The van der Waals surface area contributed by atoms with Gasteiger partial charge in [0.15, 0.2) is 6.61 Å². The predicted molar refractivity (Wildman–Crippen MR) is 98.3 cm³/mol. The van der Waals surface area contributed by atoms with Gasteiger partial charge in [-0.15, -0.1) is 0 Å². The molecule has 0 aliphatic heterocycles. The zero-order chi connectivity index (χ0) is 17.6.